The highest BCUT2D eigenvalue weighted by atomic mass is 16.1. The summed E-state index contributed by atoms with van der Waals surface area (Å²) in [5.41, 5.74) is 3.63. The topological polar surface area (TPSA) is 44.4 Å². The first-order valence-corrected chi connectivity index (χ1v) is 6.95. The van der Waals surface area contributed by atoms with E-state index in [-0.39, 0.29) is 5.91 Å². The second kappa shape index (κ2) is 4.94. The van der Waals surface area contributed by atoms with E-state index in [2.05, 4.69) is 47.8 Å². The Hall–Kier alpha value is -1.39. The van der Waals surface area contributed by atoms with E-state index in [9.17, 15) is 4.79 Å². The van der Waals surface area contributed by atoms with Gasteiger partial charge in [0.2, 0.25) is 5.91 Å². The summed E-state index contributed by atoms with van der Waals surface area (Å²) in [4.78, 5) is 13.7. The van der Waals surface area contributed by atoms with Crippen molar-refractivity contribution in [1.29, 1.82) is 0 Å². The number of nitrogens with one attached hydrogen (secondary N) is 2. The lowest BCUT2D eigenvalue weighted by atomic mass is 9.86. The zero-order valence-corrected chi connectivity index (χ0v) is 11.6. The fourth-order valence-electron chi connectivity index (χ4n) is 3.11. The highest BCUT2D eigenvalue weighted by Crippen LogP contribution is 2.33. The third kappa shape index (κ3) is 2.38. The summed E-state index contributed by atoms with van der Waals surface area (Å²) in [5.74, 6) is 0.818. The zero-order chi connectivity index (χ0) is 13.4. The zero-order valence-electron chi connectivity index (χ0n) is 11.6. The van der Waals surface area contributed by atoms with Crippen LogP contribution in [0.1, 0.15) is 23.6 Å². The lowest BCUT2D eigenvalue weighted by Crippen LogP contribution is -2.48. The van der Waals surface area contributed by atoms with Gasteiger partial charge in [-0.2, -0.15) is 0 Å². The Balaban J connectivity index is 1.89. The third-order valence-electron chi connectivity index (χ3n) is 4.18. The standard InChI is InChI=1S/C15H21N3O/c1-18(2)15(12-8-16-9-12)11-3-5-13-10(7-11)4-6-14(19)17-13/h3,5,7,12,15-16H,4,6,8-9H2,1-2H3,(H,17,19). The summed E-state index contributed by atoms with van der Waals surface area (Å²) in [6, 6.07) is 6.96. The van der Waals surface area contributed by atoms with E-state index < -0.39 is 0 Å². The van der Waals surface area contributed by atoms with Crippen molar-refractivity contribution < 1.29 is 4.79 Å². The normalized spacial score (nSPS) is 20.7. The SMILES string of the molecule is CN(C)C(c1ccc2c(c1)CCC(=O)N2)C1CNC1. The van der Waals surface area contributed by atoms with Crippen molar-refractivity contribution >= 4 is 11.6 Å². The monoisotopic (exact) mass is 259 g/mol. The van der Waals surface area contributed by atoms with Crippen LogP contribution in [0.25, 0.3) is 0 Å². The van der Waals surface area contributed by atoms with Crippen LogP contribution in [-0.4, -0.2) is 38.0 Å². The molecule has 4 nitrogen and oxygen atoms in total. The van der Waals surface area contributed by atoms with Gasteiger partial charge < -0.3 is 15.5 Å². The largest absolute Gasteiger partial charge is 0.326 e. The van der Waals surface area contributed by atoms with Crippen molar-refractivity contribution in [3.05, 3.63) is 29.3 Å². The third-order valence-corrected chi connectivity index (χ3v) is 4.18. The van der Waals surface area contributed by atoms with E-state index in [0.717, 1.165) is 25.2 Å². The number of nitrogens with zero attached hydrogens (tertiary/aromatic N) is 1. The first-order chi connectivity index (χ1) is 9.15. The van der Waals surface area contributed by atoms with Gasteiger partial charge in [0.1, 0.15) is 0 Å². The fraction of sp³-hybridized carbons (Fsp3) is 0.533. The highest BCUT2D eigenvalue weighted by Gasteiger charge is 2.30. The van der Waals surface area contributed by atoms with E-state index in [4.69, 9.17) is 0 Å². The van der Waals surface area contributed by atoms with E-state index in [1.807, 2.05) is 0 Å². The maximum Gasteiger partial charge on any atom is 0.224 e. The summed E-state index contributed by atoms with van der Waals surface area (Å²) in [6.45, 7) is 2.19. The number of aryl methyl sites for hydroxylation is 1. The van der Waals surface area contributed by atoms with E-state index in [0.29, 0.717) is 18.4 Å². The fourth-order valence-corrected chi connectivity index (χ4v) is 3.11. The highest BCUT2D eigenvalue weighted by molar-refractivity contribution is 5.93. The molecule has 102 valence electrons. The number of hydrogen-bond acceptors (Lipinski definition) is 3. The predicted octanol–water partition coefficient (Wildman–Crippen LogP) is 1.39. The molecule has 1 atom stereocenters. The molecule has 1 aromatic rings. The van der Waals surface area contributed by atoms with Gasteiger partial charge in [0.25, 0.3) is 0 Å². The number of amides is 1. The van der Waals surface area contributed by atoms with Gasteiger partial charge in [-0.3, -0.25) is 4.79 Å². The van der Waals surface area contributed by atoms with E-state index >= 15 is 0 Å². The lowest BCUT2D eigenvalue weighted by molar-refractivity contribution is -0.116. The minimum atomic E-state index is 0.132. The van der Waals surface area contributed by atoms with Crippen LogP contribution in [0.4, 0.5) is 5.69 Å². The molecular formula is C15H21N3O. The van der Waals surface area contributed by atoms with Crippen LogP contribution in [0.2, 0.25) is 0 Å². The Labute approximate surface area is 114 Å². The molecule has 2 N–H and O–H groups in total. The van der Waals surface area contributed by atoms with Gasteiger partial charge in [-0.15, -0.1) is 0 Å². The molecule has 0 aliphatic carbocycles. The van der Waals surface area contributed by atoms with Crippen LogP contribution < -0.4 is 10.6 Å². The smallest absolute Gasteiger partial charge is 0.224 e. The van der Waals surface area contributed by atoms with Crippen molar-refractivity contribution in [2.45, 2.75) is 18.9 Å². The molecule has 19 heavy (non-hydrogen) atoms. The van der Waals surface area contributed by atoms with Gasteiger partial charge in [-0.1, -0.05) is 12.1 Å². The second-order valence-electron chi connectivity index (χ2n) is 5.79. The van der Waals surface area contributed by atoms with Crippen molar-refractivity contribution in [1.82, 2.24) is 10.2 Å². The number of anilines is 1. The number of fused-ring (bicyclic) bond motifs is 1. The molecule has 3 rings (SSSR count). The molecule has 2 aliphatic heterocycles. The summed E-state index contributed by atoms with van der Waals surface area (Å²) in [7, 11) is 4.29. The maximum atomic E-state index is 11.4. The Kier molecular flexibility index (Phi) is 3.29. The molecule has 2 aliphatic rings. The van der Waals surface area contributed by atoms with Crippen LogP contribution in [-0.2, 0) is 11.2 Å². The average molecular weight is 259 g/mol. The van der Waals surface area contributed by atoms with Crippen molar-refractivity contribution in [2.75, 3.05) is 32.5 Å². The van der Waals surface area contributed by atoms with Crippen molar-refractivity contribution in [3.63, 3.8) is 0 Å². The molecular weight excluding hydrogens is 238 g/mol. The van der Waals surface area contributed by atoms with Crippen LogP contribution >= 0.6 is 0 Å². The molecule has 4 heteroatoms. The van der Waals surface area contributed by atoms with Crippen LogP contribution in [0.5, 0.6) is 0 Å². The van der Waals surface area contributed by atoms with Gasteiger partial charge in [-0.25, -0.2) is 0 Å². The predicted molar refractivity (Wildman–Crippen MR) is 76.2 cm³/mol. The van der Waals surface area contributed by atoms with E-state index in [1.54, 1.807) is 0 Å². The molecule has 0 spiro atoms. The van der Waals surface area contributed by atoms with Gasteiger partial charge in [0.15, 0.2) is 0 Å². The number of carbonyl (C=O) groups excluding carboxylic acids is 1. The van der Waals surface area contributed by atoms with Gasteiger partial charge in [-0.05, 0) is 37.7 Å². The summed E-state index contributed by atoms with van der Waals surface area (Å²) in [6.07, 6.45) is 1.46. The maximum absolute atomic E-state index is 11.4. The average Bonchev–Trinajstić information content (AvgIpc) is 2.32. The second-order valence-corrected chi connectivity index (χ2v) is 5.79. The Morgan fingerprint density at radius 3 is 2.68 bits per heavy atom. The number of rotatable bonds is 3. The molecule has 1 fully saturated rings. The molecule has 0 aromatic heterocycles. The van der Waals surface area contributed by atoms with Crippen LogP contribution in [0.15, 0.2) is 18.2 Å². The minimum absolute atomic E-state index is 0.132. The summed E-state index contributed by atoms with van der Waals surface area (Å²) in [5, 5.41) is 6.30. The number of carbonyl (C=O) groups is 1. The molecule has 0 bridgehead atoms. The number of hydrogen-bond donors (Lipinski definition) is 2. The number of benzene rings is 1. The van der Waals surface area contributed by atoms with Crippen LogP contribution in [0.3, 0.4) is 0 Å². The summed E-state index contributed by atoms with van der Waals surface area (Å²) < 4.78 is 0. The molecule has 1 amide bonds. The van der Waals surface area contributed by atoms with Crippen molar-refractivity contribution in [3.8, 4) is 0 Å². The molecule has 1 unspecified atom stereocenters. The minimum Gasteiger partial charge on any atom is -0.326 e. The summed E-state index contributed by atoms with van der Waals surface area (Å²) >= 11 is 0. The molecule has 1 aromatic carbocycles. The van der Waals surface area contributed by atoms with Gasteiger partial charge >= 0.3 is 0 Å². The van der Waals surface area contributed by atoms with Crippen LogP contribution in [0, 0.1) is 5.92 Å². The molecule has 0 saturated carbocycles. The molecule has 2 heterocycles. The Morgan fingerprint density at radius 1 is 1.26 bits per heavy atom. The molecule has 0 radical (unpaired) electrons. The van der Waals surface area contributed by atoms with Crippen molar-refractivity contribution in [2.24, 2.45) is 5.92 Å². The first kappa shape index (κ1) is 12.6. The molecule has 1 saturated heterocycles. The van der Waals surface area contributed by atoms with Gasteiger partial charge in [0.05, 0.1) is 0 Å². The van der Waals surface area contributed by atoms with E-state index in [1.165, 1.54) is 11.1 Å². The Bertz CT molecular complexity index is 494. The first-order valence-electron chi connectivity index (χ1n) is 6.95. The lowest BCUT2D eigenvalue weighted by Gasteiger charge is -2.39. The Morgan fingerprint density at radius 2 is 2.05 bits per heavy atom. The quantitative estimate of drug-likeness (QED) is 0.862. The van der Waals surface area contributed by atoms with Gasteiger partial charge in [0, 0.05) is 37.2 Å².